The average molecular weight is 278 g/mol. The van der Waals surface area contributed by atoms with Gasteiger partial charge in [-0.2, -0.15) is 5.10 Å². The van der Waals surface area contributed by atoms with Crippen molar-refractivity contribution in [3.8, 4) is 11.5 Å². The number of aliphatic hydroxyl groups excluding tert-OH is 1. The molecule has 0 amide bonds. The number of benzene rings is 1. The number of ether oxygens (including phenoxy) is 2. The highest BCUT2D eigenvalue weighted by atomic mass is 16.5. The zero-order chi connectivity index (χ0) is 14.4. The molecule has 1 aromatic carbocycles. The monoisotopic (exact) mass is 278 g/mol. The van der Waals surface area contributed by atoms with Gasteiger partial charge in [0.2, 0.25) is 0 Å². The van der Waals surface area contributed by atoms with Gasteiger partial charge in [-0.3, -0.25) is 0 Å². The third kappa shape index (κ3) is 3.20. The lowest BCUT2D eigenvalue weighted by atomic mass is 10.2. The fraction of sp³-hybridized carbons (Fsp3) is 0.273. The molecule has 0 saturated carbocycles. The maximum absolute atomic E-state index is 8.74. The SMILES string of the molecule is COc1cc(/C=N/n2nnnc2N)ccc1OCCO. The average Bonchev–Trinajstić information content (AvgIpc) is 2.88. The largest absolute Gasteiger partial charge is 0.493 e. The predicted octanol–water partition coefficient (Wildman–Crippen LogP) is -0.483. The standard InChI is InChI=1S/C11H14N6O3/c1-19-10-6-8(2-3-9(10)20-5-4-18)7-13-17-11(12)14-15-16-17/h2-3,6-7,18H,4-5H2,1H3,(H2,12,14,16)/b13-7+. The van der Waals surface area contributed by atoms with Crippen molar-refractivity contribution >= 4 is 12.2 Å². The fourth-order valence-corrected chi connectivity index (χ4v) is 1.43. The Morgan fingerprint density at radius 2 is 2.30 bits per heavy atom. The number of aliphatic hydroxyl groups is 1. The summed E-state index contributed by atoms with van der Waals surface area (Å²) < 4.78 is 10.5. The van der Waals surface area contributed by atoms with Crippen LogP contribution in [0.25, 0.3) is 0 Å². The van der Waals surface area contributed by atoms with Crippen LogP contribution in [0.15, 0.2) is 23.3 Å². The summed E-state index contributed by atoms with van der Waals surface area (Å²) >= 11 is 0. The first-order valence-electron chi connectivity index (χ1n) is 5.74. The van der Waals surface area contributed by atoms with Crippen molar-refractivity contribution in [1.29, 1.82) is 0 Å². The molecule has 20 heavy (non-hydrogen) atoms. The molecule has 0 fully saturated rings. The Kier molecular flexibility index (Phi) is 4.45. The van der Waals surface area contributed by atoms with E-state index in [0.29, 0.717) is 11.5 Å². The Labute approximate surface area is 114 Å². The molecule has 0 unspecified atom stereocenters. The number of tetrazole rings is 1. The maximum atomic E-state index is 8.74. The summed E-state index contributed by atoms with van der Waals surface area (Å²) in [6.07, 6.45) is 1.53. The van der Waals surface area contributed by atoms with Crippen molar-refractivity contribution in [2.75, 3.05) is 26.1 Å². The van der Waals surface area contributed by atoms with Gasteiger partial charge >= 0.3 is 0 Å². The number of nitrogen functional groups attached to an aromatic ring is 1. The Bertz CT molecular complexity index is 598. The second-order valence-electron chi connectivity index (χ2n) is 3.65. The second-order valence-corrected chi connectivity index (χ2v) is 3.65. The molecule has 9 nitrogen and oxygen atoms in total. The molecule has 0 spiro atoms. The zero-order valence-electron chi connectivity index (χ0n) is 10.8. The molecule has 0 aliphatic carbocycles. The Balaban J connectivity index is 2.17. The van der Waals surface area contributed by atoms with Gasteiger partial charge in [0.05, 0.1) is 19.9 Å². The van der Waals surface area contributed by atoms with Gasteiger partial charge in [-0.25, -0.2) is 0 Å². The van der Waals surface area contributed by atoms with Gasteiger partial charge in [0.1, 0.15) is 6.61 Å². The number of nitrogens with zero attached hydrogens (tertiary/aromatic N) is 5. The van der Waals surface area contributed by atoms with Crippen LogP contribution in [0.4, 0.5) is 5.95 Å². The fourth-order valence-electron chi connectivity index (χ4n) is 1.43. The lowest BCUT2D eigenvalue weighted by Crippen LogP contribution is -2.03. The summed E-state index contributed by atoms with van der Waals surface area (Å²) in [6.45, 7) is 0.135. The van der Waals surface area contributed by atoms with Crippen molar-refractivity contribution in [2.45, 2.75) is 0 Å². The van der Waals surface area contributed by atoms with Crippen molar-refractivity contribution in [3.63, 3.8) is 0 Å². The van der Waals surface area contributed by atoms with Crippen LogP contribution in [-0.4, -0.2) is 52.0 Å². The van der Waals surface area contributed by atoms with E-state index in [-0.39, 0.29) is 19.2 Å². The highest BCUT2D eigenvalue weighted by Gasteiger charge is 2.05. The smallest absolute Gasteiger partial charge is 0.263 e. The predicted molar refractivity (Wildman–Crippen MR) is 70.8 cm³/mol. The lowest BCUT2D eigenvalue weighted by Gasteiger charge is -2.09. The molecule has 2 aromatic rings. The molecule has 0 radical (unpaired) electrons. The molecule has 1 heterocycles. The van der Waals surface area contributed by atoms with E-state index >= 15 is 0 Å². The number of methoxy groups -OCH3 is 1. The zero-order valence-corrected chi connectivity index (χ0v) is 10.8. The lowest BCUT2D eigenvalue weighted by molar-refractivity contribution is 0.196. The van der Waals surface area contributed by atoms with Gasteiger partial charge in [-0.05, 0) is 34.2 Å². The summed E-state index contributed by atoms with van der Waals surface area (Å²) in [5.74, 6) is 1.17. The molecule has 2 rings (SSSR count). The van der Waals surface area contributed by atoms with Gasteiger partial charge in [-0.15, -0.1) is 0 Å². The summed E-state index contributed by atoms with van der Waals surface area (Å²) in [5.41, 5.74) is 6.24. The Hall–Kier alpha value is -2.68. The number of hydrogen-bond donors (Lipinski definition) is 2. The quantitative estimate of drug-likeness (QED) is 0.684. The van der Waals surface area contributed by atoms with Crippen molar-refractivity contribution in [3.05, 3.63) is 23.8 Å². The maximum Gasteiger partial charge on any atom is 0.263 e. The normalized spacial score (nSPS) is 10.9. The molecule has 3 N–H and O–H groups in total. The van der Waals surface area contributed by atoms with E-state index < -0.39 is 0 Å². The van der Waals surface area contributed by atoms with E-state index in [1.54, 1.807) is 18.2 Å². The van der Waals surface area contributed by atoms with Gasteiger partial charge in [-0.1, -0.05) is 9.89 Å². The molecular formula is C11H14N6O3. The summed E-state index contributed by atoms with van der Waals surface area (Å²) in [6, 6.07) is 5.23. The Morgan fingerprint density at radius 1 is 1.45 bits per heavy atom. The number of rotatable bonds is 6. The van der Waals surface area contributed by atoms with E-state index in [4.69, 9.17) is 20.3 Å². The summed E-state index contributed by atoms with van der Waals surface area (Å²) in [4.78, 5) is 1.10. The number of nitrogens with two attached hydrogens (primary N) is 1. The van der Waals surface area contributed by atoms with Crippen LogP contribution in [-0.2, 0) is 0 Å². The van der Waals surface area contributed by atoms with Gasteiger partial charge < -0.3 is 20.3 Å². The molecule has 106 valence electrons. The van der Waals surface area contributed by atoms with Crippen LogP contribution in [0.1, 0.15) is 5.56 Å². The molecule has 0 aliphatic rings. The minimum Gasteiger partial charge on any atom is -0.493 e. The van der Waals surface area contributed by atoms with Gasteiger partial charge in [0.25, 0.3) is 5.95 Å². The van der Waals surface area contributed by atoms with Crippen LogP contribution in [0, 0.1) is 0 Å². The first kappa shape index (κ1) is 13.7. The van der Waals surface area contributed by atoms with Crippen LogP contribution in [0.5, 0.6) is 11.5 Å². The summed E-state index contributed by atoms with van der Waals surface area (Å²) in [7, 11) is 1.53. The first-order valence-corrected chi connectivity index (χ1v) is 5.74. The molecule has 0 aliphatic heterocycles. The third-order valence-corrected chi connectivity index (χ3v) is 2.33. The van der Waals surface area contributed by atoms with Gasteiger partial charge in [0.15, 0.2) is 11.5 Å². The molecular weight excluding hydrogens is 264 g/mol. The number of anilines is 1. The Morgan fingerprint density at radius 3 is 2.95 bits per heavy atom. The van der Waals surface area contributed by atoms with Crippen molar-refractivity contribution < 1.29 is 14.6 Å². The van der Waals surface area contributed by atoms with E-state index in [1.165, 1.54) is 13.3 Å². The van der Waals surface area contributed by atoms with Crippen molar-refractivity contribution in [2.24, 2.45) is 5.10 Å². The minimum atomic E-state index is -0.0645. The molecule has 0 saturated heterocycles. The topological polar surface area (TPSA) is 121 Å². The highest BCUT2D eigenvalue weighted by molar-refractivity contribution is 5.80. The van der Waals surface area contributed by atoms with Gasteiger partial charge in [0, 0.05) is 0 Å². The van der Waals surface area contributed by atoms with Crippen LogP contribution in [0.3, 0.4) is 0 Å². The minimum absolute atomic E-state index is 0.0645. The van der Waals surface area contributed by atoms with E-state index in [0.717, 1.165) is 10.4 Å². The van der Waals surface area contributed by atoms with E-state index in [2.05, 4.69) is 20.6 Å². The number of hydrogen-bond acceptors (Lipinski definition) is 8. The van der Waals surface area contributed by atoms with Crippen LogP contribution < -0.4 is 15.2 Å². The third-order valence-electron chi connectivity index (χ3n) is 2.33. The molecule has 9 heteroatoms. The highest BCUT2D eigenvalue weighted by Crippen LogP contribution is 2.27. The van der Waals surface area contributed by atoms with E-state index in [9.17, 15) is 0 Å². The molecule has 1 aromatic heterocycles. The molecule has 0 bridgehead atoms. The summed E-state index contributed by atoms with van der Waals surface area (Å²) in [5, 5.41) is 23.2. The van der Waals surface area contributed by atoms with Crippen LogP contribution in [0.2, 0.25) is 0 Å². The van der Waals surface area contributed by atoms with E-state index in [1.807, 2.05) is 0 Å². The number of aromatic nitrogens is 4. The molecule has 0 atom stereocenters. The van der Waals surface area contributed by atoms with Crippen molar-refractivity contribution in [1.82, 2.24) is 20.3 Å². The van der Waals surface area contributed by atoms with Crippen LogP contribution >= 0.6 is 0 Å². The second kappa shape index (κ2) is 6.48. The first-order chi connectivity index (χ1) is 9.74.